The minimum Gasteiger partial charge on any atom is -0.306 e. The molecule has 0 aromatic heterocycles. The molecule has 1 atom stereocenters. The summed E-state index contributed by atoms with van der Waals surface area (Å²) in [5.41, 5.74) is 5.08. The molecule has 1 aliphatic carbocycles. The summed E-state index contributed by atoms with van der Waals surface area (Å²) in [6, 6.07) is 14.1. The maximum absolute atomic E-state index is 11.9. The lowest BCUT2D eigenvalue weighted by molar-refractivity contribution is 0.458. The Hall–Kier alpha value is -1.69. The van der Waals surface area contributed by atoms with E-state index in [9.17, 15) is 8.42 Å². The molecule has 2 aromatic rings. The standard InChI is InChI=1S/C19H24N2O2S/c1-14-9-10-16-6-4-8-19(18(16)11-14)21-13-15-5-3-7-17(12-15)24(22,23)20-2/h3,5,7,9-12,19-21H,4,6,8,13H2,1-2H3/t19-/m0/s1. The Bertz CT molecular complexity index is 831. The van der Waals surface area contributed by atoms with E-state index in [4.69, 9.17) is 0 Å². The van der Waals surface area contributed by atoms with Crippen LogP contribution in [0.3, 0.4) is 0 Å². The van der Waals surface area contributed by atoms with E-state index in [0.717, 1.165) is 18.4 Å². The highest BCUT2D eigenvalue weighted by molar-refractivity contribution is 7.89. The van der Waals surface area contributed by atoms with Crippen molar-refractivity contribution in [2.75, 3.05) is 7.05 Å². The molecule has 3 rings (SSSR count). The fourth-order valence-corrected chi connectivity index (χ4v) is 4.11. The summed E-state index contributed by atoms with van der Waals surface area (Å²) in [7, 11) is -1.96. The lowest BCUT2D eigenvalue weighted by atomic mass is 9.86. The van der Waals surface area contributed by atoms with E-state index in [1.807, 2.05) is 6.07 Å². The first kappa shape index (κ1) is 17.1. The van der Waals surface area contributed by atoms with Crippen molar-refractivity contribution in [3.05, 3.63) is 64.7 Å². The molecule has 0 heterocycles. The van der Waals surface area contributed by atoms with Gasteiger partial charge in [0.25, 0.3) is 0 Å². The van der Waals surface area contributed by atoms with Crippen molar-refractivity contribution in [1.82, 2.24) is 10.0 Å². The molecular formula is C19H24N2O2S. The molecule has 0 bridgehead atoms. The number of nitrogens with one attached hydrogen (secondary N) is 2. The second-order valence-electron chi connectivity index (χ2n) is 6.38. The van der Waals surface area contributed by atoms with Crippen molar-refractivity contribution in [3.63, 3.8) is 0 Å². The third-order valence-corrected chi connectivity index (χ3v) is 6.06. The van der Waals surface area contributed by atoms with E-state index < -0.39 is 10.0 Å². The van der Waals surface area contributed by atoms with Crippen LogP contribution in [0.15, 0.2) is 47.4 Å². The van der Waals surface area contributed by atoms with Crippen LogP contribution in [0.25, 0.3) is 0 Å². The van der Waals surface area contributed by atoms with Gasteiger partial charge in [-0.15, -0.1) is 0 Å². The van der Waals surface area contributed by atoms with Gasteiger partial charge in [0.15, 0.2) is 0 Å². The fourth-order valence-electron chi connectivity index (χ4n) is 3.31. The molecule has 128 valence electrons. The van der Waals surface area contributed by atoms with Crippen molar-refractivity contribution in [2.24, 2.45) is 0 Å². The smallest absolute Gasteiger partial charge is 0.240 e. The Kier molecular flexibility index (Phi) is 5.04. The molecule has 2 N–H and O–H groups in total. The van der Waals surface area contributed by atoms with Crippen molar-refractivity contribution in [3.8, 4) is 0 Å². The minimum atomic E-state index is -3.40. The number of rotatable bonds is 5. The number of hydrogen-bond donors (Lipinski definition) is 2. The van der Waals surface area contributed by atoms with Crippen molar-refractivity contribution >= 4 is 10.0 Å². The first-order valence-corrected chi connectivity index (χ1v) is 9.83. The zero-order valence-corrected chi connectivity index (χ0v) is 15.0. The van der Waals surface area contributed by atoms with Crippen LogP contribution in [-0.4, -0.2) is 15.5 Å². The van der Waals surface area contributed by atoms with E-state index in [-0.39, 0.29) is 0 Å². The summed E-state index contributed by atoms with van der Waals surface area (Å²) in [6.07, 6.45) is 3.44. The normalized spacial score (nSPS) is 17.5. The Morgan fingerprint density at radius 1 is 1.17 bits per heavy atom. The van der Waals surface area contributed by atoms with Gasteiger partial charge in [0.2, 0.25) is 10.0 Å². The molecule has 0 saturated heterocycles. The predicted molar refractivity (Wildman–Crippen MR) is 96.4 cm³/mol. The van der Waals surface area contributed by atoms with Gasteiger partial charge >= 0.3 is 0 Å². The fraction of sp³-hybridized carbons (Fsp3) is 0.368. The van der Waals surface area contributed by atoms with Crippen LogP contribution in [-0.2, 0) is 23.0 Å². The van der Waals surface area contributed by atoms with Gasteiger partial charge in [-0.1, -0.05) is 35.9 Å². The average molecular weight is 344 g/mol. The molecule has 0 aliphatic heterocycles. The quantitative estimate of drug-likeness (QED) is 0.876. The van der Waals surface area contributed by atoms with Gasteiger partial charge in [-0.05, 0) is 62.1 Å². The molecule has 5 heteroatoms. The highest BCUT2D eigenvalue weighted by Crippen LogP contribution is 2.30. The summed E-state index contributed by atoms with van der Waals surface area (Å²) in [5.74, 6) is 0. The molecule has 1 aliphatic rings. The van der Waals surface area contributed by atoms with Gasteiger partial charge in [-0.3, -0.25) is 0 Å². The predicted octanol–water partition coefficient (Wildman–Crippen LogP) is 3.07. The number of aryl methyl sites for hydroxylation is 2. The lowest BCUT2D eigenvalue weighted by Gasteiger charge is -2.27. The van der Waals surface area contributed by atoms with Gasteiger partial charge in [0.1, 0.15) is 0 Å². The van der Waals surface area contributed by atoms with Gasteiger partial charge in [0.05, 0.1) is 4.90 Å². The van der Waals surface area contributed by atoms with E-state index in [2.05, 4.69) is 35.2 Å². The Balaban J connectivity index is 1.76. The first-order chi connectivity index (χ1) is 11.5. The van der Waals surface area contributed by atoms with E-state index in [1.165, 1.54) is 30.2 Å². The molecule has 0 saturated carbocycles. The van der Waals surface area contributed by atoms with Crippen LogP contribution in [0.5, 0.6) is 0 Å². The van der Waals surface area contributed by atoms with Crippen LogP contribution >= 0.6 is 0 Å². The summed E-state index contributed by atoms with van der Waals surface area (Å²) in [4.78, 5) is 0.309. The largest absolute Gasteiger partial charge is 0.306 e. The molecule has 24 heavy (non-hydrogen) atoms. The summed E-state index contributed by atoms with van der Waals surface area (Å²) < 4.78 is 26.2. The monoisotopic (exact) mass is 344 g/mol. The SMILES string of the molecule is CNS(=O)(=O)c1cccc(CN[C@H]2CCCc3ccc(C)cc32)c1. The minimum absolute atomic E-state index is 0.309. The van der Waals surface area contributed by atoms with Crippen LogP contribution in [0.2, 0.25) is 0 Å². The third kappa shape index (κ3) is 3.69. The second kappa shape index (κ2) is 7.05. The molecular weight excluding hydrogens is 320 g/mol. The molecule has 4 nitrogen and oxygen atoms in total. The topological polar surface area (TPSA) is 58.2 Å². The van der Waals surface area contributed by atoms with Crippen LogP contribution in [0.1, 0.15) is 41.1 Å². The van der Waals surface area contributed by atoms with Crippen LogP contribution in [0, 0.1) is 6.92 Å². The molecule has 0 spiro atoms. The zero-order valence-electron chi connectivity index (χ0n) is 14.2. The van der Waals surface area contributed by atoms with E-state index >= 15 is 0 Å². The van der Waals surface area contributed by atoms with E-state index in [0.29, 0.717) is 17.5 Å². The van der Waals surface area contributed by atoms with Gasteiger partial charge in [-0.2, -0.15) is 0 Å². The van der Waals surface area contributed by atoms with E-state index in [1.54, 1.807) is 18.2 Å². The lowest BCUT2D eigenvalue weighted by Crippen LogP contribution is -2.25. The van der Waals surface area contributed by atoms with Crippen molar-refractivity contribution in [2.45, 2.75) is 43.7 Å². The first-order valence-electron chi connectivity index (χ1n) is 8.35. The molecule has 0 unspecified atom stereocenters. The molecule has 0 amide bonds. The number of fused-ring (bicyclic) bond motifs is 1. The average Bonchev–Trinajstić information content (AvgIpc) is 2.60. The number of sulfonamides is 1. The zero-order chi connectivity index (χ0) is 17.2. The molecule has 0 fully saturated rings. The Labute approximate surface area is 144 Å². The number of hydrogen-bond acceptors (Lipinski definition) is 3. The van der Waals surface area contributed by atoms with Gasteiger partial charge in [0, 0.05) is 12.6 Å². The Morgan fingerprint density at radius 2 is 2.00 bits per heavy atom. The van der Waals surface area contributed by atoms with Gasteiger partial charge in [-0.25, -0.2) is 13.1 Å². The maximum atomic E-state index is 11.9. The van der Waals surface area contributed by atoms with Gasteiger partial charge < -0.3 is 5.32 Å². The highest BCUT2D eigenvalue weighted by atomic mass is 32.2. The number of benzene rings is 2. The third-order valence-electron chi connectivity index (χ3n) is 4.65. The molecule has 0 radical (unpaired) electrons. The highest BCUT2D eigenvalue weighted by Gasteiger charge is 2.20. The van der Waals surface area contributed by atoms with Crippen molar-refractivity contribution in [1.29, 1.82) is 0 Å². The second-order valence-corrected chi connectivity index (χ2v) is 8.27. The summed E-state index contributed by atoms with van der Waals surface area (Å²) >= 11 is 0. The van der Waals surface area contributed by atoms with Crippen molar-refractivity contribution < 1.29 is 8.42 Å². The summed E-state index contributed by atoms with van der Waals surface area (Å²) in [6.45, 7) is 2.78. The maximum Gasteiger partial charge on any atom is 0.240 e. The Morgan fingerprint density at radius 3 is 2.79 bits per heavy atom. The van der Waals surface area contributed by atoms with Crippen LogP contribution < -0.4 is 10.0 Å². The molecule has 2 aromatic carbocycles. The van der Waals surface area contributed by atoms with Crippen LogP contribution in [0.4, 0.5) is 0 Å². The summed E-state index contributed by atoms with van der Waals surface area (Å²) in [5, 5.41) is 3.60.